The first-order chi connectivity index (χ1) is 15.2. The number of hydrogen-bond acceptors (Lipinski definition) is 5. The summed E-state index contributed by atoms with van der Waals surface area (Å²) in [6.07, 6.45) is 7.32. The van der Waals surface area contributed by atoms with E-state index in [9.17, 15) is 0 Å². The minimum absolute atomic E-state index is 0.347. The van der Waals surface area contributed by atoms with Gasteiger partial charge in [-0.05, 0) is 39.9 Å². The first-order valence-electron chi connectivity index (χ1n) is 10.1. The molecule has 5 heteroatoms. The molecule has 0 unspecified atom stereocenters. The summed E-state index contributed by atoms with van der Waals surface area (Å²) < 4.78 is 0. The van der Waals surface area contributed by atoms with Crippen LogP contribution in [-0.2, 0) is 17.8 Å². The van der Waals surface area contributed by atoms with Gasteiger partial charge in [0.05, 0.1) is 6.54 Å². The smallest absolute Gasteiger partial charge is 0.129 e. The van der Waals surface area contributed by atoms with Crippen molar-refractivity contribution in [2.24, 2.45) is 11.5 Å². The molecule has 0 radical (unpaired) electrons. The molecule has 5 N–H and O–H groups in total. The molecule has 1 heterocycles. The van der Waals surface area contributed by atoms with E-state index in [2.05, 4.69) is 77.2 Å². The molecule has 3 aromatic rings. The summed E-state index contributed by atoms with van der Waals surface area (Å²) in [5.74, 6) is 3.14. The number of nitrogens with one attached hydrogen (secondary N) is 1. The van der Waals surface area contributed by atoms with Gasteiger partial charge >= 0.3 is 0 Å². The van der Waals surface area contributed by atoms with Crippen LogP contribution in [-0.4, -0.2) is 25.4 Å². The van der Waals surface area contributed by atoms with Gasteiger partial charge in [-0.15, -0.1) is 6.42 Å². The highest BCUT2D eigenvalue weighted by molar-refractivity contribution is 5.65. The van der Waals surface area contributed by atoms with Crippen LogP contribution in [0.5, 0.6) is 0 Å². The van der Waals surface area contributed by atoms with Crippen molar-refractivity contribution in [3.8, 4) is 23.5 Å². The fraction of sp³-hybridized carbons (Fsp3) is 0.231. The monoisotopic (exact) mass is 418 g/mol. The molecule has 0 spiro atoms. The van der Waals surface area contributed by atoms with Crippen molar-refractivity contribution in [1.29, 1.82) is 0 Å². The first-order valence-corrected chi connectivity index (χ1v) is 10.1. The summed E-state index contributed by atoms with van der Waals surface area (Å²) in [7, 11) is 1.90. The normalized spacial score (nSPS) is 8.77. The van der Waals surface area contributed by atoms with Crippen molar-refractivity contribution < 1.29 is 4.79 Å². The highest BCUT2D eigenvalue weighted by Crippen LogP contribution is 2.24. The molecule has 0 saturated carbocycles. The Bertz CT molecular complexity index is 919. The third-order valence-corrected chi connectivity index (χ3v) is 4.06. The SMILES string of the molecule is C#CCN.C=O.CC.CNc1ncccc1Cc1cccc(-c2cccc(CN)c2)c1. The van der Waals surface area contributed by atoms with Crippen LogP contribution < -0.4 is 16.8 Å². The van der Waals surface area contributed by atoms with Crippen LogP contribution >= 0.6 is 0 Å². The molecular weight excluding hydrogens is 384 g/mol. The largest absolute Gasteiger partial charge is 0.373 e. The molecule has 0 aliphatic carbocycles. The molecule has 0 bridgehead atoms. The summed E-state index contributed by atoms with van der Waals surface area (Å²) in [6.45, 7) is 6.91. The Balaban J connectivity index is 0.000000992. The van der Waals surface area contributed by atoms with E-state index in [-0.39, 0.29) is 0 Å². The lowest BCUT2D eigenvalue weighted by molar-refractivity contribution is -0.0979. The summed E-state index contributed by atoms with van der Waals surface area (Å²) in [4.78, 5) is 12.4. The minimum atomic E-state index is 0.347. The zero-order valence-electron chi connectivity index (χ0n) is 18.8. The maximum atomic E-state index is 8.00. The van der Waals surface area contributed by atoms with Gasteiger partial charge in [0.25, 0.3) is 0 Å². The van der Waals surface area contributed by atoms with Crippen LogP contribution in [0.15, 0.2) is 66.9 Å². The van der Waals surface area contributed by atoms with Crippen LogP contribution in [0.4, 0.5) is 5.82 Å². The summed E-state index contributed by atoms with van der Waals surface area (Å²) in [6, 6.07) is 21.1. The van der Waals surface area contributed by atoms with Gasteiger partial charge in [0.1, 0.15) is 12.6 Å². The van der Waals surface area contributed by atoms with E-state index < -0.39 is 0 Å². The van der Waals surface area contributed by atoms with E-state index in [1.165, 1.54) is 22.3 Å². The second kappa shape index (κ2) is 17.4. The van der Waals surface area contributed by atoms with Crippen LogP contribution in [0.3, 0.4) is 0 Å². The maximum Gasteiger partial charge on any atom is 0.129 e. The lowest BCUT2D eigenvalue weighted by Crippen LogP contribution is -1.99. The third-order valence-electron chi connectivity index (χ3n) is 4.06. The van der Waals surface area contributed by atoms with Crippen LogP contribution in [0.25, 0.3) is 11.1 Å². The highest BCUT2D eigenvalue weighted by Gasteiger charge is 2.05. The van der Waals surface area contributed by atoms with Gasteiger partial charge in [-0.2, -0.15) is 0 Å². The van der Waals surface area contributed by atoms with Gasteiger partial charge in [0, 0.05) is 26.2 Å². The van der Waals surface area contributed by atoms with E-state index in [0.717, 1.165) is 17.8 Å². The van der Waals surface area contributed by atoms with Gasteiger partial charge in [-0.25, -0.2) is 4.98 Å². The van der Waals surface area contributed by atoms with Gasteiger partial charge in [-0.3, -0.25) is 0 Å². The predicted molar refractivity (Wildman–Crippen MR) is 133 cm³/mol. The molecule has 0 aliphatic rings. The maximum absolute atomic E-state index is 8.00. The fourth-order valence-corrected chi connectivity index (χ4v) is 2.76. The Morgan fingerprint density at radius 2 is 1.52 bits per heavy atom. The molecular formula is C26H34N4O. The van der Waals surface area contributed by atoms with E-state index in [1.807, 2.05) is 39.9 Å². The van der Waals surface area contributed by atoms with E-state index in [0.29, 0.717) is 13.1 Å². The Morgan fingerprint density at radius 3 is 2.03 bits per heavy atom. The fourth-order valence-electron chi connectivity index (χ4n) is 2.76. The van der Waals surface area contributed by atoms with Crippen molar-refractivity contribution in [2.45, 2.75) is 26.8 Å². The molecule has 0 saturated heterocycles. The standard InChI is InChI=1S/C20H21N3.C3H5N.C2H6.CH2O/c1-22-20-19(9-4-10-23-20)12-15-5-2-7-17(11-15)18-8-3-6-16(13-18)14-21;1-2-3-4;2*1-2/h2-11,13H,12,14,21H2,1H3,(H,22,23);1H,3-4H2;1-2H3;1H2. The van der Waals surface area contributed by atoms with Gasteiger partial charge in [0.2, 0.25) is 0 Å². The topological polar surface area (TPSA) is 94.0 Å². The quantitative estimate of drug-likeness (QED) is 0.538. The molecule has 5 nitrogen and oxygen atoms in total. The molecule has 3 rings (SSSR count). The number of nitrogens with zero attached hydrogens (tertiary/aromatic N) is 1. The third kappa shape index (κ3) is 9.72. The first kappa shape index (κ1) is 27.5. The van der Waals surface area contributed by atoms with Crippen molar-refractivity contribution in [3.05, 3.63) is 83.6 Å². The number of pyridine rings is 1. The number of benzene rings is 2. The molecule has 1 aromatic heterocycles. The van der Waals surface area contributed by atoms with Crippen molar-refractivity contribution in [3.63, 3.8) is 0 Å². The number of hydrogen-bond donors (Lipinski definition) is 3. The molecule has 31 heavy (non-hydrogen) atoms. The highest BCUT2D eigenvalue weighted by atomic mass is 16.1. The minimum Gasteiger partial charge on any atom is -0.373 e. The Hall–Kier alpha value is -3.46. The Labute approximate surface area is 186 Å². The molecule has 164 valence electrons. The number of carbonyl (C=O) groups is 1. The molecule has 2 aromatic carbocycles. The van der Waals surface area contributed by atoms with Crippen molar-refractivity contribution >= 4 is 12.6 Å². The van der Waals surface area contributed by atoms with E-state index in [4.69, 9.17) is 16.3 Å². The second-order valence-electron chi connectivity index (χ2n) is 5.95. The number of rotatable bonds is 5. The van der Waals surface area contributed by atoms with Crippen LogP contribution in [0.1, 0.15) is 30.5 Å². The van der Waals surface area contributed by atoms with E-state index in [1.54, 1.807) is 0 Å². The number of anilines is 1. The second-order valence-corrected chi connectivity index (χ2v) is 5.95. The zero-order chi connectivity index (χ0) is 23.5. The molecule has 0 amide bonds. The molecule has 0 aliphatic heterocycles. The lowest BCUT2D eigenvalue weighted by Gasteiger charge is -2.10. The van der Waals surface area contributed by atoms with Gasteiger partial charge in [0.15, 0.2) is 0 Å². The van der Waals surface area contributed by atoms with Crippen molar-refractivity contribution in [1.82, 2.24) is 4.98 Å². The lowest BCUT2D eigenvalue weighted by atomic mass is 9.98. The number of nitrogens with two attached hydrogens (primary N) is 2. The van der Waals surface area contributed by atoms with Crippen LogP contribution in [0, 0.1) is 12.3 Å². The van der Waals surface area contributed by atoms with E-state index >= 15 is 0 Å². The number of carbonyl (C=O) groups excluding carboxylic acids is 1. The summed E-state index contributed by atoms with van der Waals surface area (Å²) in [5.41, 5.74) is 16.6. The molecule has 0 atom stereocenters. The predicted octanol–water partition coefficient (Wildman–Crippen LogP) is 4.26. The average molecular weight is 419 g/mol. The summed E-state index contributed by atoms with van der Waals surface area (Å²) in [5, 5.41) is 3.15. The van der Waals surface area contributed by atoms with Crippen molar-refractivity contribution in [2.75, 3.05) is 18.9 Å². The Morgan fingerprint density at radius 1 is 0.968 bits per heavy atom. The molecule has 0 fully saturated rings. The Kier molecular flexibility index (Phi) is 15.5. The van der Waals surface area contributed by atoms with Gasteiger partial charge in [-0.1, -0.05) is 68.3 Å². The summed E-state index contributed by atoms with van der Waals surface area (Å²) >= 11 is 0. The number of terminal acetylenes is 1. The average Bonchev–Trinajstić information content (AvgIpc) is 2.87. The van der Waals surface area contributed by atoms with Gasteiger partial charge < -0.3 is 21.6 Å². The number of aromatic nitrogens is 1. The zero-order valence-corrected chi connectivity index (χ0v) is 18.8. The van der Waals surface area contributed by atoms with Crippen LogP contribution in [0.2, 0.25) is 0 Å².